The molecule has 1 atom stereocenters. The topological polar surface area (TPSA) is 75.4 Å². The van der Waals surface area contributed by atoms with Crippen molar-refractivity contribution in [1.82, 2.24) is 10.2 Å². The average molecular weight is 340 g/mol. The number of nitrogens with one attached hydrogen (secondary N) is 1. The zero-order valence-corrected chi connectivity index (χ0v) is 14.4. The molecular weight excluding hydrogens is 314 g/mol. The van der Waals surface area contributed by atoms with Gasteiger partial charge in [0.05, 0.1) is 13.1 Å². The Morgan fingerprint density at radius 2 is 2.00 bits per heavy atom. The summed E-state index contributed by atoms with van der Waals surface area (Å²) in [7, 11) is 0. The molecule has 0 saturated heterocycles. The third-order valence-corrected chi connectivity index (χ3v) is 4.17. The molecule has 0 radical (unpaired) electrons. The summed E-state index contributed by atoms with van der Waals surface area (Å²) in [6, 6.07) is 8.65. The van der Waals surface area contributed by atoms with Crippen molar-refractivity contribution in [3.8, 4) is 0 Å². The summed E-state index contributed by atoms with van der Waals surface area (Å²) in [5, 5.41) is 2.57. The normalized spacial score (nSPS) is 16.0. The van der Waals surface area contributed by atoms with E-state index in [9.17, 15) is 9.59 Å². The maximum Gasteiger partial charge on any atom is 0.242 e. The molecule has 0 fully saturated rings. The molecule has 5 nitrogen and oxygen atoms in total. The number of carbonyl (C=O) groups is 2. The molecule has 23 heavy (non-hydrogen) atoms. The van der Waals surface area contributed by atoms with Crippen LogP contribution in [-0.2, 0) is 22.4 Å². The van der Waals surface area contributed by atoms with Gasteiger partial charge in [-0.05, 0) is 36.8 Å². The molecule has 0 heterocycles. The Kier molecular flexibility index (Phi) is 8.06. The van der Waals surface area contributed by atoms with Gasteiger partial charge in [0, 0.05) is 12.6 Å². The monoisotopic (exact) mass is 339 g/mol. The quantitative estimate of drug-likeness (QED) is 0.819. The largest absolute Gasteiger partial charge is 0.346 e. The molecule has 3 N–H and O–H groups in total. The van der Waals surface area contributed by atoms with Gasteiger partial charge in [-0.15, -0.1) is 12.4 Å². The molecule has 0 aliphatic heterocycles. The molecule has 1 aromatic carbocycles. The van der Waals surface area contributed by atoms with Crippen molar-refractivity contribution in [2.45, 2.75) is 38.6 Å². The van der Waals surface area contributed by atoms with Crippen LogP contribution in [0.5, 0.6) is 0 Å². The molecule has 1 aromatic rings. The summed E-state index contributed by atoms with van der Waals surface area (Å²) in [6.07, 6.45) is 3.79. The van der Waals surface area contributed by atoms with Crippen LogP contribution >= 0.6 is 12.4 Å². The van der Waals surface area contributed by atoms with Crippen LogP contribution in [-0.4, -0.2) is 42.4 Å². The zero-order chi connectivity index (χ0) is 15.9. The van der Waals surface area contributed by atoms with Gasteiger partial charge in [0.15, 0.2) is 0 Å². The Labute approximate surface area is 144 Å². The number of hydrogen-bond donors (Lipinski definition) is 2. The fourth-order valence-corrected chi connectivity index (χ4v) is 3.04. The summed E-state index contributed by atoms with van der Waals surface area (Å²) in [6.45, 7) is 2.74. The first-order valence-corrected chi connectivity index (χ1v) is 7.98. The number of nitrogens with zero attached hydrogens (tertiary/aromatic N) is 1. The maximum absolute atomic E-state index is 12.4. The Morgan fingerprint density at radius 1 is 1.30 bits per heavy atom. The SMILES string of the molecule is CCCN(C(=O)CNC(=O)CN)C1CCc2ccccc2C1.Cl. The lowest BCUT2D eigenvalue weighted by Crippen LogP contribution is -2.48. The Hall–Kier alpha value is -1.59. The lowest BCUT2D eigenvalue weighted by molar-refractivity contribution is -0.134. The number of nitrogens with two attached hydrogens (primary N) is 1. The van der Waals surface area contributed by atoms with E-state index in [2.05, 4.69) is 36.5 Å². The van der Waals surface area contributed by atoms with E-state index in [0.717, 1.165) is 32.2 Å². The van der Waals surface area contributed by atoms with E-state index < -0.39 is 0 Å². The molecule has 1 aliphatic rings. The Balaban J connectivity index is 0.00000264. The van der Waals surface area contributed by atoms with Crippen molar-refractivity contribution in [1.29, 1.82) is 0 Å². The standard InChI is InChI=1S/C17H25N3O2.ClH/c1-2-9-20(17(22)12-19-16(21)11-18)15-8-7-13-5-3-4-6-14(13)10-15;/h3-6,15H,2,7-12,18H2,1H3,(H,19,21);1H. The highest BCUT2D eigenvalue weighted by atomic mass is 35.5. The maximum atomic E-state index is 12.4. The van der Waals surface area contributed by atoms with Crippen molar-refractivity contribution < 1.29 is 9.59 Å². The van der Waals surface area contributed by atoms with Crippen molar-refractivity contribution in [3.63, 3.8) is 0 Å². The number of halogens is 1. The number of carbonyl (C=O) groups excluding carboxylic acids is 2. The number of aryl methyl sites for hydroxylation is 1. The molecule has 128 valence electrons. The van der Waals surface area contributed by atoms with Crippen LogP contribution in [0.4, 0.5) is 0 Å². The minimum atomic E-state index is -0.293. The first-order valence-electron chi connectivity index (χ1n) is 7.98. The summed E-state index contributed by atoms with van der Waals surface area (Å²) in [5.41, 5.74) is 7.97. The van der Waals surface area contributed by atoms with Gasteiger partial charge in [-0.1, -0.05) is 31.2 Å². The third kappa shape index (κ3) is 5.22. The smallest absolute Gasteiger partial charge is 0.242 e. The van der Waals surface area contributed by atoms with Gasteiger partial charge < -0.3 is 16.0 Å². The summed E-state index contributed by atoms with van der Waals surface area (Å²) >= 11 is 0. The van der Waals surface area contributed by atoms with Gasteiger partial charge >= 0.3 is 0 Å². The van der Waals surface area contributed by atoms with Crippen molar-refractivity contribution >= 4 is 24.2 Å². The molecule has 0 spiro atoms. The average Bonchev–Trinajstić information content (AvgIpc) is 2.56. The predicted octanol–water partition coefficient (Wildman–Crippen LogP) is 1.28. The second-order valence-electron chi connectivity index (χ2n) is 5.73. The van der Waals surface area contributed by atoms with Crippen LogP contribution < -0.4 is 11.1 Å². The van der Waals surface area contributed by atoms with Gasteiger partial charge in [-0.25, -0.2) is 0 Å². The first-order chi connectivity index (χ1) is 10.7. The van der Waals surface area contributed by atoms with Crippen LogP contribution in [0.3, 0.4) is 0 Å². The molecule has 0 saturated carbocycles. The van der Waals surface area contributed by atoms with Crippen LogP contribution in [0, 0.1) is 0 Å². The third-order valence-electron chi connectivity index (χ3n) is 4.17. The molecule has 1 aliphatic carbocycles. The first kappa shape index (κ1) is 19.5. The molecule has 6 heteroatoms. The molecular formula is C17H26ClN3O2. The summed E-state index contributed by atoms with van der Waals surface area (Å²) in [5.74, 6) is -0.313. The van der Waals surface area contributed by atoms with E-state index in [1.807, 2.05) is 4.90 Å². The highest BCUT2D eigenvalue weighted by Gasteiger charge is 2.27. The van der Waals surface area contributed by atoms with Crippen LogP contribution in [0.25, 0.3) is 0 Å². The van der Waals surface area contributed by atoms with E-state index in [4.69, 9.17) is 5.73 Å². The lowest BCUT2D eigenvalue weighted by atomic mass is 9.87. The molecule has 1 unspecified atom stereocenters. The van der Waals surface area contributed by atoms with Gasteiger partial charge in [0.1, 0.15) is 0 Å². The fraction of sp³-hybridized carbons (Fsp3) is 0.529. The van der Waals surface area contributed by atoms with E-state index in [1.165, 1.54) is 11.1 Å². The fourth-order valence-electron chi connectivity index (χ4n) is 3.04. The van der Waals surface area contributed by atoms with Crippen LogP contribution in [0.15, 0.2) is 24.3 Å². The molecule has 0 aromatic heterocycles. The Bertz CT molecular complexity index is 536. The summed E-state index contributed by atoms with van der Waals surface area (Å²) in [4.78, 5) is 25.6. The van der Waals surface area contributed by atoms with Crippen LogP contribution in [0.2, 0.25) is 0 Å². The van der Waals surface area contributed by atoms with E-state index >= 15 is 0 Å². The van der Waals surface area contributed by atoms with Crippen molar-refractivity contribution in [2.75, 3.05) is 19.6 Å². The predicted molar refractivity (Wildman–Crippen MR) is 93.6 cm³/mol. The van der Waals surface area contributed by atoms with Crippen molar-refractivity contribution in [2.24, 2.45) is 5.73 Å². The molecule has 0 bridgehead atoms. The highest BCUT2D eigenvalue weighted by molar-refractivity contribution is 5.86. The molecule has 2 rings (SSSR count). The van der Waals surface area contributed by atoms with E-state index in [1.54, 1.807) is 0 Å². The van der Waals surface area contributed by atoms with Crippen molar-refractivity contribution in [3.05, 3.63) is 35.4 Å². The molecule has 2 amide bonds. The number of amides is 2. The summed E-state index contributed by atoms with van der Waals surface area (Å²) < 4.78 is 0. The number of benzene rings is 1. The Morgan fingerprint density at radius 3 is 2.65 bits per heavy atom. The van der Waals surface area contributed by atoms with E-state index in [-0.39, 0.29) is 43.4 Å². The van der Waals surface area contributed by atoms with Gasteiger partial charge in [-0.3, -0.25) is 9.59 Å². The lowest BCUT2D eigenvalue weighted by Gasteiger charge is -2.35. The zero-order valence-electron chi connectivity index (χ0n) is 13.6. The second-order valence-corrected chi connectivity index (χ2v) is 5.73. The minimum Gasteiger partial charge on any atom is -0.346 e. The number of hydrogen-bond acceptors (Lipinski definition) is 3. The highest BCUT2D eigenvalue weighted by Crippen LogP contribution is 2.24. The second kappa shape index (κ2) is 9.53. The van der Waals surface area contributed by atoms with E-state index in [0.29, 0.717) is 0 Å². The van der Waals surface area contributed by atoms with Gasteiger partial charge in [0.2, 0.25) is 11.8 Å². The van der Waals surface area contributed by atoms with Crippen LogP contribution in [0.1, 0.15) is 30.9 Å². The van der Waals surface area contributed by atoms with Gasteiger partial charge in [-0.2, -0.15) is 0 Å². The minimum absolute atomic E-state index is 0. The van der Waals surface area contributed by atoms with Gasteiger partial charge in [0.25, 0.3) is 0 Å². The number of fused-ring (bicyclic) bond motifs is 1. The number of rotatable bonds is 6.